The lowest BCUT2D eigenvalue weighted by Crippen LogP contribution is -2.61. The van der Waals surface area contributed by atoms with Crippen LogP contribution in [0.3, 0.4) is 0 Å². The number of hydrogen-bond donors (Lipinski definition) is 1. The van der Waals surface area contributed by atoms with Gasteiger partial charge in [-0.1, -0.05) is 6.92 Å². The summed E-state index contributed by atoms with van der Waals surface area (Å²) in [4.78, 5) is 15.5. The quantitative estimate of drug-likeness (QED) is 0.858. The minimum Gasteiger partial charge on any atom is -0.480 e. The molecule has 1 aromatic heterocycles. The summed E-state index contributed by atoms with van der Waals surface area (Å²) in [5.41, 5.74) is -0.288. The van der Waals surface area contributed by atoms with Gasteiger partial charge < -0.3 is 9.84 Å². The summed E-state index contributed by atoms with van der Waals surface area (Å²) in [6.45, 7) is 6.48. The normalized spacial score (nSPS) is 18.6. The molecule has 4 nitrogen and oxygen atoms in total. The standard InChI is InChI=1S/C13H19NO3S/c1-3-10-4-5-11(18-10)6-14-8-13(2,9-14)17-7-12(15)16/h4-5H,3,6-9H2,1-2H3,(H,15,16). The van der Waals surface area contributed by atoms with Crippen molar-refractivity contribution >= 4 is 17.3 Å². The second kappa shape index (κ2) is 5.38. The highest BCUT2D eigenvalue weighted by Crippen LogP contribution is 2.28. The summed E-state index contributed by atoms with van der Waals surface area (Å²) in [5, 5.41) is 8.59. The fourth-order valence-corrected chi connectivity index (χ4v) is 3.26. The number of likely N-dealkylation sites (tertiary alicyclic amines) is 1. The molecule has 0 saturated carbocycles. The summed E-state index contributed by atoms with van der Waals surface area (Å²) in [5.74, 6) is -0.902. The van der Waals surface area contributed by atoms with Crippen LogP contribution in [0.4, 0.5) is 0 Å². The van der Waals surface area contributed by atoms with Gasteiger partial charge in [0, 0.05) is 29.4 Å². The van der Waals surface area contributed by atoms with Gasteiger partial charge in [0.15, 0.2) is 0 Å². The molecule has 2 rings (SSSR count). The van der Waals surface area contributed by atoms with Crippen molar-refractivity contribution in [3.05, 3.63) is 21.9 Å². The van der Waals surface area contributed by atoms with Crippen molar-refractivity contribution in [2.24, 2.45) is 0 Å². The van der Waals surface area contributed by atoms with Gasteiger partial charge >= 0.3 is 5.97 Å². The number of aliphatic carboxylic acids is 1. The van der Waals surface area contributed by atoms with Crippen LogP contribution in [0.25, 0.3) is 0 Å². The number of rotatable bonds is 6. The topological polar surface area (TPSA) is 49.8 Å². The van der Waals surface area contributed by atoms with Crippen molar-refractivity contribution in [3.8, 4) is 0 Å². The largest absolute Gasteiger partial charge is 0.480 e. The molecule has 0 radical (unpaired) electrons. The first kappa shape index (κ1) is 13.5. The summed E-state index contributed by atoms with van der Waals surface area (Å²) < 4.78 is 5.38. The molecule has 0 atom stereocenters. The zero-order valence-electron chi connectivity index (χ0n) is 10.8. The number of carbonyl (C=O) groups is 1. The molecule has 2 heterocycles. The molecule has 1 fully saturated rings. The second-order valence-electron chi connectivity index (χ2n) is 5.00. The van der Waals surface area contributed by atoms with Crippen LogP contribution >= 0.6 is 11.3 Å². The molecule has 18 heavy (non-hydrogen) atoms. The number of aryl methyl sites for hydroxylation is 1. The first-order chi connectivity index (χ1) is 8.50. The van der Waals surface area contributed by atoms with Crippen LogP contribution in [0.5, 0.6) is 0 Å². The molecule has 0 amide bonds. The molecule has 0 spiro atoms. The summed E-state index contributed by atoms with van der Waals surface area (Å²) in [6, 6.07) is 4.36. The Morgan fingerprint density at radius 2 is 2.17 bits per heavy atom. The number of nitrogens with zero attached hydrogens (tertiary/aromatic N) is 1. The SMILES string of the molecule is CCc1ccc(CN2CC(C)(OCC(=O)O)C2)s1. The van der Waals surface area contributed by atoms with Crippen molar-refractivity contribution in [2.45, 2.75) is 32.4 Å². The maximum atomic E-state index is 10.5. The third-order valence-electron chi connectivity index (χ3n) is 3.11. The first-order valence-electron chi connectivity index (χ1n) is 6.16. The molecule has 5 heteroatoms. The van der Waals surface area contributed by atoms with Crippen LogP contribution in [0.2, 0.25) is 0 Å². The maximum Gasteiger partial charge on any atom is 0.329 e. The monoisotopic (exact) mass is 269 g/mol. The summed E-state index contributed by atoms with van der Waals surface area (Å²) in [6.07, 6.45) is 1.09. The lowest BCUT2D eigenvalue weighted by molar-refractivity contribution is -0.165. The van der Waals surface area contributed by atoms with Crippen molar-refractivity contribution in [1.29, 1.82) is 0 Å². The number of carboxylic acids is 1. The van der Waals surface area contributed by atoms with E-state index in [9.17, 15) is 4.79 Å². The average molecular weight is 269 g/mol. The van der Waals surface area contributed by atoms with E-state index in [1.54, 1.807) is 0 Å². The fourth-order valence-electron chi connectivity index (χ4n) is 2.26. The Balaban J connectivity index is 1.76. The highest BCUT2D eigenvalue weighted by atomic mass is 32.1. The molecular weight excluding hydrogens is 250 g/mol. The van der Waals surface area contributed by atoms with E-state index in [1.165, 1.54) is 9.75 Å². The Kier molecular flexibility index (Phi) is 4.04. The number of thiophene rings is 1. The molecule has 1 saturated heterocycles. The van der Waals surface area contributed by atoms with Gasteiger partial charge in [-0.05, 0) is 25.5 Å². The lowest BCUT2D eigenvalue weighted by Gasteiger charge is -2.47. The third-order valence-corrected chi connectivity index (χ3v) is 4.32. The molecule has 0 bridgehead atoms. The zero-order chi connectivity index (χ0) is 13.2. The van der Waals surface area contributed by atoms with E-state index < -0.39 is 5.97 Å². The Morgan fingerprint density at radius 3 is 2.72 bits per heavy atom. The Bertz CT molecular complexity index is 424. The van der Waals surface area contributed by atoms with E-state index in [0.29, 0.717) is 0 Å². The van der Waals surface area contributed by atoms with Gasteiger partial charge in [-0.15, -0.1) is 11.3 Å². The second-order valence-corrected chi connectivity index (χ2v) is 6.25. The van der Waals surface area contributed by atoms with Crippen LogP contribution in [0.15, 0.2) is 12.1 Å². The Labute approximate surface area is 111 Å². The number of carboxylic acid groups (broad SMARTS) is 1. The van der Waals surface area contributed by atoms with Crippen LogP contribution in [0.1, 0.15) is 23.6 Å². The molecular formula is C13H19NO3S. The highest BCUT2D eigenvalue weighted by Gasteiger charge is 2.40. The molecule has 100 valence electrons. The number of hydrogen-bond acceptors (Lipinski definition) is 4. The Morgan fingerprint density at radius 1 is 1.50 bits per heavy atom. The van der Waals surface area contributed by atoms with E-state index in [2.05, 4.69) is 24.0 Å². The van der Waals surface area contributed by atoms with Gasteiger partial charge in [0.25, 0.3) is 0 Å². The minimum atomic E-state index is -0.902. The van der Waals surface area contributed by atoms with Gasteiger partial charge in [0.2, 0.25) is 0 Å². The van der Waals surface area contributed by atoms with Crippen LogP contribution in [-0.2, 0) is 22.5 Å². The molecule has 0 aromatic carbocycles. The minimum absolute atomic E-state index is 0.205. The molecule has 1 N–H and O–H groups in total. The molecule has 1 aromatic rings. The van der Waals surface area contributed by atoms with Crippen molar-refractivity contribution < 1.29 is 14.6 Å². The van der Waals surface area contributed by atoms with E-state index in [0.717, 1.165) is 26.1 Å². The number of ether oxygens (including phenoxy) is 1. The van der Waals surface area contributed by atoms with E-state index in [1.807, 2.05) is 18.3 Å². The van der Waals surface area contributed by atoms with E-state index >= 15 is 0 Å². The molecule has 1 aliphatic heterocycles. The third kappa shape index (κ3) is 3.31. The first-order valence-corrected chi connectivity index (χ1v) is 6.98. The summed E-state index contributed by atoms with van der Waals surface area (Å²) >= 11 is 1.85. The van der Waals surface area contributed by atoms with Crippen molar-refractivity contribution in [1.82, 2.24) is 4.90 Å². The predicted octanol–water partition coefficient (Wildman–Crippen LogP) is 1.99. The van der Waals surface area contributed by atoms with Crippen molar-refractivity contribution in [3.63, 3.8) is 0 Å². The van der Waals surface area contributed by atoms with Crippen molar-refractivity contribution in [2.75, 3.05) is 19.7 Å². The smallest absolute Gasteiger partial charge is 0.329 e. The van der Waals surface area contributed by atoms with Gasteiger partial charge in [-0.25, -0.2) is 4.79 Å². The van der Waals surface area contributed by atoms with E-state index in [4.69, 9.17) is 9.84 Å². The van der Waals surface area contributed by atoms with Gasteiger partial charge in [0.1, 0.15) is 6.61 Å². The Hall–Kier alpha value is -0.910. The maximum absolute atomic E-state index is 10.5. The fraction of sp³-hybridized carbons (Fsp3) is 0.615. The summed E-state index contributed by atoms with van der Waals surface area (Å²) in [7, 11) is 0. The van der Waals surface area contributed by atoms with Gasteiger partial charge in [-0.3, -0.25) is 4.90 Å². The van der Waals surface area contributed by atoms with Crippen LogP contribution in [0, 0.1) is 0 Å². The molecule has 1 aliphatic rings. The average Bonchev–Trinajstić information content (AvgIpc) is 2.72. The molecule has 0 unspecified atom stereocenters. The lowest BCUT2D eigenvalue weighted by atomic mass is 9.96. The van der Waals surface area contributed by atoms with Crippen LogP contribution in [-0.4, -0.2) is 41.3 Å². The van der Waals surface area contributed by atoms with Gasteiger partial charge in [0.05, 0.1) is 5.60 Å². The predicted molar refractivity (Wildman–Crippen MR) is 71.0 cm³/mol. The zero-order valence-corrected chi connectivity index (χ0v) is 11.6. The van der Waals surface area contributed by atoms with Gasteiger partial charge in [-0.2, -0.15) is 0 Å². The van der Waals surface area contributed by atoms with Crippen LogP contribution < -0.4 is 0 Å². The molecule has 0 aliphatic carbocycles. The highest BCUT2D eigenvalue weighted by molar-refractivity contribution is 7.11. The van der Waals surface area contributed by atoms with E-state index in [-0.39, 0.29) is 12.2 Å².